The Bertz CT molecular complexity index is 1370. The van der Waals surface area contributed by atoms with Crippen LogP contribution in [-0.2, 0) is 14.3 Å². The highest BCUT2D eigenvalue weighted by Crippen LogP contribution is 2.30. The van der Waals surface area contributed by atoms with Crippen molar-refractivity contribution in [3.05, 3.63) is 65.2 Å². The number of nitrogens with zero attached hydrogens (tertiary/aromatic N) is 1. The third-order valence-electron chi connectivity index (χ3n) is 7.86. The topological polar surface area (TPSA) is 175 Å². The summed E-state index contributed by atoms with van der Waals surface area (Å²) in [4.78, 5) is 65.0. The van der Waals surface area contributed by atoms with Crippen LogP contribution in [0.2, 0.25) is 0 Å². The smallest absolute Gasteiger partial charge is 0.261 e. The van der Waals surface area contributed by atoms with Crippen molar-refractivity contribution in [3.63, 3.8) is 0 Å². The zero-order valence-electron chi connectivity index (χ0n) is 25.6. The molecule has 2 aromatic carbocycles. The Morgan fingerprint density at radius 3 is 2.20 bits per heavy atom. The van der Waals surface area contributed by atoms with Crippen molar-refractivity contribution < 1.29 is 43.7 Å². The summed E-state index contributed by atoms with van der Waals surface area (Å²) < 4.78 is 11.0. The molecule has 242 valence electrons. The Morgan fingerprint density at radius 1 is 0.933 bits per heavy atom. The first-order valence-corrected chi connectivity index (χ1v) is 15.3. The molecule has 2 aromatic rings. The molecule has 0 saturated carbocycles. The van der Waals surface area contributed by atoms with Crippen LogP contribution in [0.1, 0.15) is 77.0 Å². The molecule has 2 aliphatic heterocycles. The summed E-state index contributed by atoms with van der Waals surface area (Å²) in [6.07, 6.45) is 3.34. The number of Topliss-reactive ketones (excluding diaryl/α,β-unsaturated/α-hetero) is 1. The number of ether oxygens (including phenoxy) is 2. The van der Waals surface area contributed by atoms with E-state index < -0.39 is 48.5 Å². The number of fused-ring (bicyclic) bond motifs is 1. The summed E-state index contributed by atoms with van der Waals surface area (Å²) in [6.45, 7) is 3.41. The summed E-state index contributed by atoms with van der Waals surface area (Å²) in [5.74, 6) is -1.77. The van der Waals surface area contributed by atoms with E-state index in [4.69, 9.17) is 9.47 Å². The van der Waals surface area contributed by atoms with E-state index in [-0.39, 0.29) is 29.9 Å². The van der Waals surface area contributed by atoms with Gasteiger partial charge >= 0.3 is 0 Å². The summed E-state index contributed by atoms with van der Waals surface area (Å²) in [5.41, 5.74) is -0.192. The zero-order valence-corrected chi connectivity index (χ0v) is 25.6. The number of hydrogen-bond acceptors (Lipinski definition) is 9. The lowest BCUT2D eigenvalue weighted by molar-refractivity contribution is -0.133. The van der Waals surface area contributed by atoms with E-state index in [1.54, 1.807) is 42.5 Å². The Morgan fingerprint density at radius 2 is 1.60 bits per heavy atom. The van der Waals surface area contributed by atoms with Gasteiger partial charge in [-0.3, -0.25) is 28.9 Å². The Kier molecular flexibility index (Phi) is 11.4. The zero-order chi connectivity index (χ0) is 32.6. The maximum atomic E-state index is 12.9. The van der Waals surface area contributed by atoms with Gasteiger partial charge in [0.15, 0.2) is 11.4 Å². The molecule has 2 heterocycles. The van der Waals surface area contributed by atoms with Crippen molar-refractivity contribution in [2.75, 3.05) is 33.0 Å². The Labute approximate surface area is 262 Å². The van der Waals surface area contributed by atoms with Gasteiger partial charge < -0.3 is 30.3 Å². The molecular formula is C33H41N3O9. The standard InChI is InChI=1S/C33H41N3O9/c1-21(2)16-26(28(39)33(19-38)20-45-33)34-30(41)27(18-37)35-29(40)22-10-9-11-23(17-22)44-15-8-4-3-7-14-36-31(42)24-12-5-6-13-25(24)32(36)43/h5-6,9-13,17,21,26-27,37-38H,3-4,7-8,14-16,18-20H2,1-2H3,(H,34,41)(H,35,40)/t26-,27-,33?/m0/s1. The second-order valence-corrected chi connectivity index (χ2v) is 11.8. The molecule has 1 saturated heterocycles. The van der Waals surface area contributed by atoms with Gasteiger partial charge in [0, 0.05) is 12.1 Å². The van der Waals surface area contributed by atoms with Gasteiger partial charge in [-0.2, -0.15) is 0 Å². The highest BCUT2D eigenvalue weighted by atomic mass is 16.6. The van der Waals surface area contributed by atoms with Gasteiger partial charge in [0.05, 0.1) is 43.6 Å². The fraction of sp³-hybridized carbons (Fsp3) is 0.485. The number of imide groups is 1. The van der Waals surface area contributed by atoms with Crippen molar-refractivity contribution in [1.29, 1.82) is 0 Å². The SMILES string of the molecule is CC(C)C[C@H](NC(=O)[C@H](CO)NC(=O)c1cccc(OCCCCCCN2C(=O)c3ccccc3C2=O)c1)C(=O)C1(CO)CO1. The van der Waals surface area contributed by atoms with E-state index in [0.717, 1.165) is 19.3 Å². The molecule has 4 rings (SSSR count). The lowest BCUT2D eigenvalue weighted by atomic mass is 9.92. The number of epoxide rings is 1. The first-order valence-electron chi connectivity index (χ1n) is 15.3. The van der Waals surface area contributed by atoms with Gasteiger partial charge in [0.25, 0.3) is 17.7 Å². The molecule has 0 bridgehead atoms. The average Bonchev–Trinajstić information content (AvgIpc) is 3.80. The van der Waals surface area contributed by atoms with Crippen molar-refractivity contribution in [2.24, 2.45) is 5.92 Å². The van der Waals surface area contributed by atoms with Crippen LogP contribution in [0.4, 0.5) is 0 Å². The molecule has 0 aromatic heterocycles. The first-order chi connectivity index (χ1) is 21.6. The maximum absolute atomic E-state index is 12.9. The van der Waals surface area contributed by atoms with Gasteiger partial charge in [-0.25, -0.2) is 0 Å². The van der Waals surface area contributed by atoms with Crippen molar-refractivity contribution in [3.8, 4) is 5.75 Å². The van der Waals surface area contributed by atoms with Gasteiger partial charge in [0.1, 0.15) is 11.8 Å². The average molecular weight is 624 g/mol. The lowest BCUT2D eigenvalue weighted by Gasteiger charge is -2.24. The lowest BCUT2D eigenvalue weighted by Crippen LogP contribution is -2.55. The molecule has 1 unspecified atom stereocenters. The maximum Gasteiger partial charge on any atom is 0.261 e. The predicted molar refractivity (Wildman–Crippen MR) is 163 cm³/mol. The number of amides is 4. The number of ketones is 1. The summed E-state index contributed by atoms with van der Waals surface area (Å²) >= 11 is 0. The molecule has 0 spiro atoms. The predicted octanol–water partition coefficient (Wildman–Crippen LogP) is 1.87. The number of nitrogens with one attached hydrogen (secondary N) is 2. The minimum absolute atomic E-state index is 0.0448. The molecule has 45 heavy (non-hydrogen) atoms. The fourth-order valence-corrected chi connectivity index (χ4v) is 5.21. The third-order valence-corrected chi connectivity index (χ3v) is 7.86. The van der Waals surface area contributed by atoms with Gasteiger partial charge in [-0.1, -0.05) is 44.9 Å². The van der Waals surface area contributed by atoms with E-state index in [1.165, 1.54) is 11.0 Å². The highest BCUT2D eigenvalue weighted by molar-refractivity contribution is 6.21. The van der Waals surface area contributed by atoms with E-state index in [9.17, 15) is 34.2 Å². The number of aliphatic hydroxyl groups is 2. The molecular weight excluding hydrogens is 582 g/mol. The number of rotatable bonds is 18. The van der Waals surface area contributed by atoms with E-state index in [1.807, 2.05) is 13.8 Å². The minimum atomic E-state index is -1.31. The molecule has 4 N–H and O–H groups in total. The number of aliphatic hydroxyl groups excluding tert-OH is 2. The van der Waals surface area contributed by atoms with Crippen LogP contribution in [0.15, 0.2) is 48.5 Å². The van der Waals surface area contributed by atoms with Crippen LogP contribution < -0.4 is 15.4 Å². The summed E-state index contributed by atoms with van der Waals surface area (Å²) in [7, 11) is 0. The van der Waals surface area contributed by atoms with Crippen LogP contribution in [0.3, 0.4) is 0 Å². The van der Waals surface area contributed by atoms with Crippen LogP contribution >= 0.6 is 0 Å². The fourth-order valence-electron chi connectivity index (χ4n) is 5.21. The van der Waals surface area contributed by atoms with Crippen LogP contribution in [-0.4, -0.2) is 95.2 Å². The number of carbonyl (C=O) groups is 5. The number of unbranched alkanes of at least 4 members (excludes halogenated alkanes) is 3. The normalized spacial score (nSPS) is 18.4. The van der Waals surface area contributed by atoms with Crippen LogP contribution in [0.5, 0.6) is 5.75 Å². The van der Waals surface area contributed by atoms with Gasteiger partial charge in [0.2, 0.25) is 5.91 Å². The Hall–Kier alpha value is -4.13. The highest BCUT2D eigenvalue weighted by Gasteiger charge is 2.54. The Balaban J connectivity index is 1.20. The molecule has 4 amide bonds. The van der Waals surface area contributed by atoms with Crippen molar-refractivity contribution in [1.82, 2.24) is 15.5 Å². The molecule has 0 radical (unpaired) electrons. The second-order valence-electron chi connectivity index (χ2n) is 11.8. The van der Waals surface area contributed by atoms with Gasteiger partial charge in [-0.15, -0.1) is 0 Å². The quantitative estimate of drug-likeness (QED) is 0.110. The molecule has 2 aliphatic rings. The molecule has 3 atom stereocenters. The van der Waals surface area contributed by atoms with Crippen molar-refractivity contribution in [2.45, 2.75) is 63.6 Å². The van der Waals surface area contributed by atoms with E-state index in [2.05, 4.69) is 10.6 Å². The first kappa shape index (κ1) is 33.8. The monoisotopic (exact) mass is 623 g/mol. The summed E-state index contributed by atoms with van der Waals surface area (Å²) in [5, 5.41) is 24.5. The molecule has 12 nitrogen and oxygen atoms in total. The number of hydrogen-bond donors (Lipinski definition) is 4. The molecule has 1 fully saturated rings. The largest absolute Gasteiger partial charge is 0.494 e. The minimum Gasteiger partial charge on any atom is -0.494 e. The van der Waals surface area contributed by atoms with E-state index >= 15 is 0 Å². The number of benzene rings is 2. The van der Waals surface area contributed by atoms with Crippen molar-refractivity contribution >= 4 is 29.4 Å². The van der Waals surface area contributed by atoms with E-state index in [0.29, 0.717) is 42.9 Å². The third kappa shape index (κ3) is 8.33. The summed E-state index contributed by atoms with van der Waals surface area (Å²) in [6, 6.07) is 11.0. The van der Waals surface area contributed by atoms with Crippen LogP contribution in [0.25, 0.3) is 0 Å². The van der Waals surface area contributed by atoms with Crippen LogP contribution in [0, 0.1) is 5.92 Å². The van der Waals surface area contributed by atoms with Gasteiger partial charge in [-0.05, 0) is 55.5 Å². The number of carbonyl (C=O) groups excluding carboxylic acids is 5. The second kappa shape index (κ2) is 15.2. The molecule has 12 heteroatoms. The molecule has 0 aliphatic carbocycles.